The molecule has 1 aromatic carbocycles. The summed E-state index contributed by atoms with van der Waals surface area (Å²) in [6.07, 6.45) is 2.69. The number of benzene rings is 1. The zero-order valence-electron chi connectivity index (χ0n) is 20.8. The Hall–Kier alpha value is -1.55. The van der Waals surface area contributed by atoms with Gasteiger partial charge in [0.2, 0.25) is 0 Å². The first-order valence-corrected chi connectivity index (χ1v) is 11.3. The van der Waals surface area contributed by atoms with Gasteiger partial charge in [-0.1, -0.05) is 53.7 Å². The van der Waals surface area contributed by atoms with E-state index in [9.17, 15) is 9.90 Å². The van der Waals surface area contributed by atoms with Gasteiger partial charge >= 0.3 is 5.97 Å². The van der Waals surface area contributed by atoms with E-state index in [-0.39, 0.29) is 34.0 Å². The number of phenolic OH excluding ortho intramolecular Hbond substituents is 1. The minimum atomic E-state index is -0.241. The van der Waals surface area contributed by atoms with Crippen molar-refractivity contribution in [3.05, 3.63) is 28.8 Å². The number of aryl methyl sites for hydroxylation is 1. The van der Waals surface area contributed by atoms with Crippen LogP contribution in [-0.4, -0.2) is 28.3 Å². The minimum Gasteiger partial charge on any atom is -0.507 e. The molecule has 0 spiro atoms. The monoisotopic (exact) mass is 417 g/mol. The predicted octanol–water partition coefficient (Wildman–Crippen LogP) is 5.77. The number of carbonyl (C=O) groups is 1. The quantitative estimate of drug-likeness (QED) is 0.610. The van der Waals surface area contributed by atoms with Crippen molar-refractivity contribution in [2.24, 2.45) is 0 Å². The molecular weight excluding hydrogens is 374 g/mol. The van der Waals surface area contributed by atoms with Crippen molar-refractivity contribution in [3.8, 4) is 5.75 Å². The SMILES string of the molecule is CC1(C)CCC(OC(=O)CCc2cc(C(C)(C)C)c(O)c(C(C)(C)C)c2)C(C)(C)N1. The summed E-state index contributed by atoms with van der Waals surface area (Å²) in [5.74, 6) is 0.219. The van der Waals surface area contributed by atoms with Crippen LogP contribution in [0.15, 0.2) is 12.1 Å². The summed E-state index contributed by atoms with van der Waals surface area (Å²) in [6, 6.07) is 4.10. The number of esters is 1. The summed E-state index contributed by atoms with van der Waals surface area (Å²) < 4.78 is 5.89. The van der Waals surface area contributed by atoms with Gasteiger partial charge in [-0.05, 0) is 74.5 Å². The molecule has 2 rings (SSSR count). The third-order valence-electron chi connectivity index (χ3n) is 6.17. The van der Waals surface area contributed by atoms with Crippen molar-refractivity contribution in [2.45, 2.75) is 123 Å². The van der Waals surface area contributed by atoms with Crippen LogP contribution >= 0.6 is 0 Å². The first kappa shape index (κ1) is 24.7. The number of aromatic hydroxyl groups is 1. The van der Waals surface area contributed by atoms with E-state index in [1.54, 1.807) is 0 Å². The van der Waals surface area contributed by atoms with Crippen molar-refractivity contribution in [1.82, 2.24) is 5.32 Å². The molecule has 170 valence electrons. The molecule has 2 N–H and O–H groups in total. The molecule has 0 radical (unpaired) electrons. The van der Waals surface area contributed by atoms with Crippen molar-refractivity contribution in [1.29, 1.82) is 0 Å². The molecular formula is C26H43NO3. The van der Waals surface area contributed by atoms with E-state index < -0.39 is 0 Å². The van der Waals surface area contributed by atoms with Gasteiger partial charge in [0, 0.05) is 12.0 Å². The van der Waals surface area contributed by atoms with Crippen LogP contribution in [0.25, 0.3) is 0 Å². The van der Waals surface area contributed by atoms with Crippen LogP contribution in [0.2, 0.25) is 0 Å². The lowest BCUT2D eigenvalue weighted by atomic mass is 9.78. The van der Waals surface area contributed by atoms with Gasteiger partial charge in [-0.25, -0.2) is 0 Å². The molecule has 1 unspecified atom stereocenters. The number of rotatable bonds is 4. The maximum atomic E-state index is 12.7. The Bertz CT molecular complexity index is 743. The Morgan fingerprint density at radius 2 is 1.57 bits per heavy atom. The summed E-state index contributed by atoms with van der Waals surface area (Å²) in [4.78, 5) is 12.7. The third-order valence-corrected chi connectivity index (χ3v) is 6.17. The number of nitrogens with one attached hydrogen (secondary N) is 1. The molecule has 1 aliphatic heterocycles. The largest absolute Gasteiger partial charge is 0.507 e. The molecule has 0 aromatic heterocycles. The maximum absolute atomic E-state index is 12.7. The van der Waals surface area contributed by atoms with Gasteiger partial charge in [-0.15, -0.1) is 0 Å². The van der Waals surface area contributed by atoms with Gasteiger partial charge in [-0.3, -0.25) is 4.79 Å². The Balaban J connectivity index is 2.14. The predicted molar refractivity (Wildman–Crippen MR) is 124 cm³/mol. The number of hydrogen-bond acceptors (Lipinski definition) is 4. The lowest BCUT2D eigenvalue weighted by Gasteiger charge is -2.47. The van der Waals surface area contributed by atoms with E-state index in [2.05, 4.69) is 74.6 Å². The standard InChI is InChI=1S/C26H43NO3/c1-23(2,3)18-15-17(16-19(22(18)29)24(4,5)6)11-12-21(28)30-20-13-14-25(7,8)27-26(20,9)10/h15-16,20,27,29H,11-14H2,1-10H3. The smallest absolute Gasteiger partial charge is 0.306 e. The Kier molecular flexibility index (Phi) is 6.74. The van der Waals surface area contributed by atoms with Gasteiger partial charge < -0.3 is 15.2 Å². The molecule has 1 fully saturated rings. The second-order valence-corrected chi connectivity index (χ2v) is 12.3. The van der Waals surface area contributed by atoms with E-state index in [0.29, 0.717) is 18.6 Å². The lowest BCUT2D eigenvalue weighted by Crippen LogP contribution is -2.63. The molecule has 1 aliphatic rings. The molecule has 0 bridgehead atoms. The lowest BCUT2D eigenvalue weighted by molar-refractivity contribution is -0.156. The molecule has 1 saturated heterocycles. The Morgan fingerprint density at radius 3 is 2.00 bits per heavy atom. The average Bonchev–Trinajstić information content (AvgIpc) is 2.53. The minimum absolute atomic E-state index is 0.0607. The van der Waals surface area contributed by atoms with Crippen molar-refractivity contribution >= 4 is 5.97 Å². The fourth-order valence-corrected chi connectivity index (χ4v) is 4.52. The average molecular weight is 418 g/mol. The molecule has 30 heavy (non-hydrogen) atoms. The van der Waals surface area contributed by atoms with Gasteiger partial charge in [0.25, 0.3) is 0 Å². The third kappa shape index (κ3) is 6.00. The second kappa shape index (κ2) is 8.18. The van der Waals surface area contributed by atoms with Crippen LogP contribution in [0, 0.1) is 0 Å². The summed E-state index contributed by atoms with van der Waals surface area (Å²) in [6.45, 7) is 21.2. The van der Waals surface area contributed by atoms with E-state index in [1.807, 2.05) is 12.1 Å². The molecule has 1 atom stereocenters. The molecule has 1 heterocycles. The van der Waals surface area contributed by atoms with Crippen molar-refractivity contribution in [3.63, 3.8) is 0 Å². The van der Waals surface area contributed by atoms with Crippen LogP contribution in [-0.2, 0) is 26.8 Å². The van der Waals surface area contributed by atoms with E-state index in [1.165, 1.54) is 0 Å². The first-order chi connectivity index (χ1) is 13.4. The zero-order valence-corrected chi connectivity index (χ0v) is 20.8. The van der Waals surface area contributed by atoms with Gasteiger partial charge in [0.05, 0.1) is 5.54 Å². The number of piperidine rings is 1. The Labute approximate surface area is 183 Å². The molecule has 4 nitrogen and oxygen atoms in total. The van der Waals surface area contributed by atoms with Crippen LogP contribution in [0.1, 0.15) is 105 Å². The van der Waals surface area contributed by atoms with Gasteiger partial charge in [0.15, 0.2) is 0 Å². The molecule has 0 saturated carbocycles. The fourth-order valence-electron chi connectivity index (χ4n) is 4.52. The van der Waals surface area contributed by atoms with Crippen LogP contribution in [0.4, 0.5) is 0 Å². The van der Waals surface area contributed by atoms with Crippen LogP contribution in [0.5, 0.6) is 5.75 Å². The van der Waals surface area contributed by atoms with E-state index in [4.69, 9.17) is 4.74 Å². The summed E-state index contributed by atoms with van der Waals surface area (Å²) in [5.41, 5.74) is 2.40. The number of carbonyl (C=O) groups excluding carboxylic acids is 1. The maximum Gasteiger partial charge on any atom is 0.306 e. The summed E-state index contributed by atoms with van der Waals surface area (Å²) >= 11 is 0. The molecule has 0 amide bonds. The molecule has 0 aliphatic carbocycles. The highest BCUT2D eigenvalue weighted by Gasteiger charge is 2.41. The van der Waals surface area contributed by atoms with Crippen molar-refractivity contribution < 1.29 is 14.6 Å². The van der Waals surface area contributed by atoms with Crippen molar-refractivity contribution in [2.75, 3.05) is 0 Å². The highest BCUT2D eigenvalue weighted by molar-refractivity contribution is 5.70. The van der Waals surface area contributed by atoms with E-state index >= 15 is 0 Å². The van der Waals surface area contributed by atoms with Crippen LogP contribution in [0.3, 0.4) is 0 Å². The molecule has 4 heteroatoms. The second-order valence-electron chi connectivity index (χ2n) is 12.3. The van der Waals surface area contributed by atoms with Gasteiger partial charge in [-0.2, -0.15) is 0 Å². The summed E-state index contributed by atoms with van der Waals surface area (Å²) in [7, 11) is 0. The number of phenols is 1. The molecule has 1 aromatic rings. The topological polar surface area (TPSA) is 58.6 Å². The van der Waals surface area contributed by atoms with Crippen LogP contribution < -0.4 is 5.32 Å². The summed E-state index contributed by atoms with van der Waals surface area (Å²) in [5, 5.41) is 14.5. The van der Waals surface area contributed by atoms with Gasteiger partial charge in [0.1, 0.15) is 11.9 Å². The normalized spacial score (nSPS) is 21.3. The zero-order chi connectivity index (χ0) is 23.1. The highest BCUT2D eigenvalue weighted by atomic mass is 16.5. The highest BCUT2D eigenvalue weighted by Crippen LogP contribution is 2.40. The van der Waals surface area contributed by atoms with E-state index in [0.717, 1.165) is 29.5 Å². The Morgan fingerprint density at radius 1 is 1.07 bits per heavy atom. The number of hydrogen-bond donors (Lipinski definition) is 2. The first-order valence-electron chi connectivity index (χ1n) is 11.3. The number of ether oxygens (including phenoxy) is 1. The fraction of sp³-hybridized carbons (Fsp3) is 0.731.